The average molecular weight is 626 g/mol. The number of hydrogen-bond donors (Lipinski definition) is 0. The molecule has 6 nitrogen and oxygen atoms in total. The Hall–Kier alpha value is -2.25. The predicted octanol–water partition coefficient (Wildman–Crippen LogP) is 8.51. The van der Waals surface area contributed by atoms with Crippen LogP contribution in [0.5, 0.6) is 0 Å². The van der Waals surface area contributed by atoms with E-state index in [1.54, 1.807) is 0 Å². The van der Waals surface area contributed by atoms with Crippen LogP contribution in [0.25, 0.3) is 32.8 Å². The van der Waals surface area contributed by atoms with E-state index < -0.39 is 0 Å². The molecule has 2 saturated heterocycles. The zero-order valence-electron chi connectivity index (χ0n) is 30.2. The van der Waals surface area contributed by atoms with Crippen molar-refractivity contribution in [2.75, 3.05) is 0 Å². The molecule has 2 aliphatic rings. The molecule has 2 aliphatic heterocycles. The van der Waals surface area contributed by atoms with Crippen LogP contribution in [-0.2, 0) is 31.7 Å². The lowest BCUT2D eigenvalue weighted by molar-refractivity contribution is 0.00578. The van der Waals surface area contributed by atoms with Crippen LogP contribution in [0, 0.1) is 0 Å². The first-order valence-corrected chi connectivity index (χ1v) is 18.0. The van der Waals surface area contributed by atoms with Gasteiger partial charge < -0.3 is 27.8 Å². The van der Waals surface area contributed by atoms with E-state index in [1.165, 1.54) is 71.4 Å². The van der Waals surface area contributed by atoms with Crippen LogP contribution in [0.3, 0.4) is 0 Å². The summed E-state index contributed by atoms with van der Waals surface area (Å²) in [6.45, 7) is 23.6. The SMILES string of the molecule is CCCCCCn1c2cc(B3OC(C)(C)C(C)(C)O3)ccc2c2c1c1ccc(B3OC(C)(C)C(C)(C)O3)cc1n2CCCCCC. The van der Waals surface area contributed by atoms with Gasteiger partial charge in [0.2, 0.25) is 0 Å². The number of rotatable bonds is 12. The summed E-state index contributed by atoms with van der Waals surface area (Å²) in [4.78, 5) is 0. The normalized spacial score (nSPS) is 20.2. The van der Waals surface area contributed by atoms with Gasteiger partial charge >= 0.3 is 14.2 Å². The number of nitrogens with zero attached hydrogens (tertiary/aromatic N) is 2. The molecule has 0 aliphatic carbocycles. The molecule has 0 unspecified atom stereocenters. The van der Waals surface area contributed by atoms with Gasteiger partial charge in [-0.2, -0.15) is 0 Å². The molecule has 0 bridgehead atoms. The summed E-state index contributed by atoms with van der Waals surface area (Å²) in [6, 6.07) is 13.8. The quantitative estimate of drug-likeness (QED) is 0.117. The highest BCUT2D eigenvalue weighted by Crippen LogP contribution is 2.41. The van der Waals surface area contributed by atoms with E-state index in [0.717, 1.165) is 36.9 Å². The topological polar surface area (TPSA) is 46.8 Å². The van der Waals surface area contributed by atoms with Crippen molar-refractivity contribution in [3.63, 3.8) is 0 Å². The van der Waals surface area contributed by atoms with E-state index in [1.807, 2.05) is 0 Å². The number of hydrogen-bond acceptors (Lipinski definition) is 4. The van der Waals surface area contributed by atoms with Gasteiger partial charge in [-0.05, 0) is 91.3 Å². The van der Waals surface area contributed by atoms with Crippen LogP contribution in [0.15, 0.2) is 36.4 Å². The van der Waals surface area contributed by atoms with E-state index >= 15 is 0 Å². The molecule has 0 spiro atoms. The second-order valence-corrected chi connectivity index (χ2v) is 15.9. The highest BCUT2D eigenvalue weighted by atomic mass is 16.7. The highest BCUT2D eigenvalue weighted by molar-refractivity contribution is 6.63. The Morgan fingerprint density at radius 3 is 1.17 bits per heavy atom. The van der Waals surface area contributed by atoms with Crippen LogP contribution in [-0.4, -0.2) is 45.8 Å². The smallest absolute Gasteiger partial charge is 0.399 e. The number of aromatic nitrogens is 2. The summed E-state index contributed by atoms with van der Waals surface area (Å²) >= 11 is 0. The summed E-state index contributed by atoms with van der Waals surface area (Å²) in [5.41, 5.74) is 5.89. The van der Waals surface area contributed by atoms with Gasteiger partial charge in [-0.25, -0.2) is 0 Å². The third-order valence-electron chi connectivity index (χ3n) is 11.4. The molecule has 0 atom stereocenters. The first-order valence-electron chi connectivity index (χ1n) is 18.0. The second-order valence-electron chi connectivity index (χ2n) is 15.9. The van der Waals surface area contributed by atoms with Gasteiger partial charge in [0.15, 0.2) is 0 Å². The van der Waals surface area contributed by atoms with E-state index in [0.29, 0.717) is 0 Å². The molecule has 46 heavy (non-hydrogen) atoms. The Balaban J connectivity index is 1.51. The molecule has 2 aromatic carbocycles. The van der Waals surface area contributed by atoms with Crippen LogP contribution < -0.4 is 10.9 Å². The maximum absolute atomic E-state index is 6.51. The average Bonchev–Trinajstić information content (AvgIpc) is 3.62. The van der Waals surface area contributed by atoms with Gasteiger partial charge in [0.05, 0.1) is 44.5 Å². The third kappa shape index (κ3) is 5.76. The Labute approximate surface area is 277 Å². The lowest BCUT2D eigenvalue weighted by Crippen LogP contribution is -2.41. The van der Waals surface area contributed by atoms with Crippen molar-refractivity contribution in [3.8, 4) is 0 Å². The van der Waals surface area contributed by atoms with E-state index in [9.17, 15) is 0 Å². The van der Waals surface area contributed by atoms with E-state index in [2.05, 4.69) is 115 Å². The molecular weight excluding hydrogens is 570 g/mol. The van der Waals surface area contributed by atoms with Crippen LogP contribution in [0.2, 0.25) is 0 Å². The Morgan fingerprint density at radius 2 is 0.848 bits per heavy atom. The minimum atomic E-state index is -0.382. The van der Waals surface area contributed by atoms with E-state index in [-0.39, 0.29) is 36.6 Å². The molecule has 0 amide bonds. The fourth-order valence-corrected chi connectivity index (χ4v) is 7.10. The van der Waals surface area contributed by atoms with Gasteiger partial charge in [-0.3, -0.25) is 0 Å². The zero-order chi connectivity index (χ0) is 33.1. The van der Waals surface area contributed by atoms with Crippen molar-refractivity contribution in [2.24, 2.45) is 0 Å². The zero-order valence-corrected chi connectivity index (χ0v) is 30.2. The van der Waals surface area contributed by atoms with Crippen LogP contribution in [0.4, 0.5) is 0 Å². The maximum atomic E-state index is 6.51. The minimum absolute atomic E-state index is 0.375. The van der Waals surface area contributed by atoms with Crippen molar-refractivity contribution in [3.05, 3.63) is 36.4 Å². The van der Waals surface area contributed by atoms with Crippen molar-refractivity contribution in [1.29, 1.82) is 0 Å². The molecule has 2 fully saturated rings. The molecule has 2 aromatic heterocycles. The summed E-state index contributed by atoms with van der Waals surface area (Å²) in [7, 11) is -0.764. The number of fused-ring (bicyclic) bond motifs is 5. The Bertz CT molecular complexity index is 1560. The van der Waals surface area contributed by atoms with Gasteiger partial charge in [-0.15, -0.1) is 0 Å². The van der Waals surface area contributed by atoms with Crippen LogP contribution in [0.1, 0.15) is 121 Å². The molecule has 4 aromatic rings. The van der Waals surface area contributed by atoms with Crippen molar-refractivity contribution < 1.29 is 18.6 Å². The molecule has 0 N–H and O–H groups in total. The number of unbranched alkanes of at least 4 members (excludes halogenated alkanes) is 6. The number of aryl methyl sites for hydroxylation is 2. The molecule has 248 valence electrons. The molecule has 8 heteroatoms. The van der Waals surface area contributed by atoms with E-state index in [4.69, 9.17) is 18.6 Å². The minimum Gasteiger partial charge on any atom is -0.399 e. The predicted molar refractivity (Wildman–Crippen MR) is 195 cm³/mol. The fourth-order valence-electron chi connectivity index (χ4n) is 7.10. The summed E-state index contributed by atoms with van der Waals surface area (Å²) < 4.78 is 31.2. The molecule has 0 radical (unpaired) electrons. The molecule has 4 heterocycles. The molecule has 0 saturated carbocycles. The fraction of sp³-hybridized carbons (Fsp3) is 0.632. The largest absolute Gasteiger partial charge is 0.494 e. The summed E-state index contributed by atoms with van der Waals surface area (Å²) in [6.07, 6.45) is 9.76. The lowest BCUT2D eigenvalue weighted by Gasteiger charge is -2.32. The van der Waals surface area contributed by atoms with Gasteiger partial charge in [0.1, 0.15) is 0 Å². The van der Waals surface area contributed by atoms with Crippen molar-refractivity contribution >= 4 is 58.0 Å². The Morgan fingerprint density at radius 1 is 0.500 bits per heavy atom. The highest BCUT2D eigenvalue weighted by Gasteiger charge is 2.53. The van der Waals surface area contributed by atoms with Gasteiger partial charge in [0.25, 0.3) is 0 Å². The first kappa shape index (κ1) is 33.6. The van der Waals surface area contributed by atoms with Crippen LogP contribution >= 0.6 is 0 Å². The number of benzene rings is 2. The van der Waals surface area contributed by atoms with Crippen molar-refractivity contribution in [1.82, 2.24) is 9.13 Å². The molecular formula is C38H56B2N2O4. The first-order chi connectivity index (χ1) is 21.7. The third-order valence-corrected chi connectivity index (χ3v) is 11.4. The molecule has 6 rings (SSSR count). The van der Waals surface area contributed by atoms with Gasteiger partial charge in [0, 0.05) is 23.9 Å². The Kier molecular flexibility index (Phi) is 9.02. The summed E-state index contributed by atoms with van der Waals surface area (Å²) in [5, 5.41) is 2.60. The maximum Gasteiger partial charge on any atom is 0.494 e. The monoisotopic (exact) mass is 626 g/mol. The summed E-state index contributed by atoms with van der Waals surface area (Å²) in [5.74, 6) is 0. The lowest BCUT2D eigenvalue weighted by atomic mass is 9.79. The second kappa shape index (κ2) is 12.3. The van der Waals surface area contributed by atoms with Gasteiger partial charge in [-0.1, -0.05) is 76.6 Å². The standard InChI is InChI=1S/C38H56B2N2O4/c1-11-13-15-17-23-41-31-25-27(39-43-35(3,4)36(5,6)44-39)19-21-29(31)34-33(41)30-22-20-28(40-45-37(7,8)38(9,10)46-40)26-32(30)42(34)24-18-16-14-12-2/h19-22,25-26H,11-18,23-24H2,1-10H3. The van der Waals surface area contributed by atoms with Crippen molar-refractivity contribution in [2.45, 2.75) is 156 Å².